The number of hydrogen-bond acceptors (Lipinski definition) is 3. The summed E-state index contributed by atoms with van der Waals surface area (Å²) in [6, 6.07) is 0. The van der Waals surface area contributed by atoms with Gasteiger partial charge in [-0.15, -0.1) is 24.0 Å². The third kappa shape index (κ3) is 8.54. The van der Waals surface area contributed by atoms with Crippen molar-refractivity contribution in [2.75, 3.05) is 40.3 Å². The van der Waals surface area contributed by atoms with Gasteiger partial charge in [0, 0.05) is 33.8 Å². The lowest BCUT2D eigenvalue weighted by molar-refractivity contribution is -0.127. The summed E-state index contributed by atoms with van der Waals surface area (Å²) in [4.78, 5) is 18.0. The van der Waals surface area contributed by atoms with Crippen LogP contribution in [0.15, 0.2) is 4.99 Å². The van der Waals surface area contributed by atoms with E-state index < -0.39 is 0 Å². The van der Waals surface area contributed by atoms with Gasteiger partial charge in [0.25, 0.3) is 0 Å². The largest absolute Gasteiger partial charge is 0.376 e. The number of carbonyl (C=O) groups is 1. The Balaban J connectivity index is 0.00000364. The van der Waals surface area contributed by atoms with E-state index >= 15 is 0 Å². The molecular formula is C20H39IN4O2. The number of rotatable bonds is 7. The molecule has 0 bridgehead atoms. The number of likely N-dealkylation sites (N-methyl/N-ethyl adjacent to an activating group) is 1. The van der Waals surface area contributed by atoms with E-state index in [1.807, 2.05) is 0 Å². The normalized spacial score (nSPS) is 21.5. The Labute approximate surface area is 182 Å². The minimum Gasteiger partial charge on any atom is -0.376 e. The molecule has 1 saturated carbocycles. The molecule has 2 rings (SSSR count). The van der Waals surface area contributed by atoms with Crippen molar-refractivity contribution in [1.82, 2.24) is 15.5 Å². The quantitative estimate of drug-likeness (QED) is 0.325. The van der Waals surface area contributed by atoms with E-state index in [1.165, 1.54) is 32.1 Å². The SMILES string of the molecule is CN(C)C(=O)CN=C(NCC1CCCO1)NCC(C)(C)C1CCCCC1.I. The third-order valence-electron chi connectivity index (χ3n) is 5.81. The lowest BCUT2D eigenvalue weighted by atomic mass is 9.71. The summed E-state index contributed by atoms with van der Waals surface area (Å²) in [5.74, 6) is 1.49. The summed E-state index contributed by atoms with van der Waals surface area (Å²) < 4.78 is 5.69. The summed E-state index contributed by atoms with van der Waals surface area (Å²) in [5.41, 5.74) is 0.221. The second kappa shape index (κ2) is 12.1. The molecule has 6 nitrogen and oxygen atoms in total. The summed E-state index contributed by atoms with van der Waals surface area (Å²) in [6.07, 6.45) is 9.19. The number of hydrogen-bond donors (Lipinski definition) is 2. The number of guanidine groups is 1. The van der Waals surface area contributed by atoms with Crippen molar-refractivity contribution in [3.05, 3.63) is 0 Å². The van der Waals surface area contributed by atoms with Crippen molar-refractivity contribution in [2.45, 2.75) is 64.9 Å². The number of ether oxygens (including phenoxy) is 1. The maximum Gasteiger partial charge on any atom is 0.243 e. The van der Waals surface area contributed by atoms with Crippen molar-refractivity contribution in [3.8, 4) is 0 Å². The Kier molecular flexibility index (Phi) is 11.0. The van der Waals surface area contributed by atoms with Gasteiger partial charge in [-0.1, -0.05) is 33.1 Å². The first-order chi connectivity index (χ1) is 12.4. The van der Waals surface area contributed by atoms with Crippen molar-refractivity contribution >= 4 is 35.8 Å². The maximum atomic E-state index is 11.9. The van der Waals surface area contributed by atoms with E-state index in [0.29, 0.717) is 0 Å². The van der Waals surface area contributed by atoms with Crippen LogP contribution in [0.2, 0.25) is 0 Å². The molecule has 1 aliphatic carbocycles. The zero-order valence-corrected chi connectivity index (χ0v) is 19.9. The molecule has 0 spiro atoms. The van der Waals surface area contributed by atoms with Crippen LogP contribution in [-0.2, 0) is 9.53 Å². The van der Waals surface area contributed by atoms with Gasteiger partial charge < -0.3 is 20.3 Å². The van der Waals surface area contributed by atoms with Crippen LogP contribution in [0.25, 0.3) is 0 Å². The molecule has 1 amide bonds. The molecule has 2 aliphatic rings. The molecule has 1 saturated heterocycles. The van der Waals surface area contributed by atoms with Crippen molar-refractivity contribution in [2.24, 2.45) is 16.3 Å². The number of amides is 1. The lowest BCUT2D eigenvalue weighted by Crippen LogP contribution is -2.46. The zero-order chi connectivity index (χ0) is 19.0. The second-order valence-corrected chi connectivity index (χ2v) is 8.65. The number of aliphatic imine (C=N–C) groups is 1. The van der Waals surface area contributed by atoms with Crippen LogP contribution >= 0.6 is 24.0 Å². The maximum absolute atomic E-state index is 11.9. The van der Waals surface area contributed by atoms with Crippen LogP contribution in [-0.4, -0.2) is 63.2 Å². The molecule has 0 radical (unpaired) electrons. The Morgan fingerprint density at radius 2 is 1.81 bits per heavy atom. The first-order valence-electron chi connectivity index (χ1n) is 10.2. The van der Waals surface area contributed by atoms with E-state index in [-0.39, 0.29) is 47.9 Å². The Morgan fingerprint density at radius 3 is 2.41 bits per heavy atom. The zero-order valence-electron chi connectivity index (χ0n) is 17.6. The number of nitrogens with zero attached hydrogens (tertiary/aromatic N) is 2. The van der Waals surface area contributed by atoms with E-state index in [9.17, 15) is 4.79 Å². The standard InChI is InChI=1S/C20H38N4O2.HI/c1-20(2,16-9-6-5-7-10-16)15-23-19(22-14-18(25)24(3)4)21-13-17-11-8-12-26-17;/h16-17H,5-15H2,1-4H3,(H2,21,22,23);1H. The second-order valence-electron chi connectivity index (χ2n) is 8.65. The highest BCUT2D eigenvalue weighted by Crippen LogP contribution is 2.37. The molecule has 2 fully saturated rings. The summed E-state index contributed by atoms with van der Waals surface area (Å²) in [6.45, 7) is 7.31. The molecule has 0 aromatic carbocycles. The van der Waals surface area contributed by atoms with Crippen LogP contribution in [0.3, 0.4) is 0 Å². The van der Waals surface area contributed by atoms with E-state index in [1.54, 1.807) is 19.0 Å². The van der Waals surface area contributed by atoms with Gasteiger partial charge in [-0.2, -0.15) is 0 Å². The van der Waals surface area contributed by atoms with E-state index in [2.05, 4.69) is 29.5 Å². The summed E-state index contributed by atoms with van der Waals surface area (Å²) >= 11 is 0. The topological polar surface area (TPSA) is 66.0 Å². The fourth-order valence-electron chi connectivity index (χ4n) is 3.82. The molecule has 1 aliphatic heterocycles. The van der Waals surface area contributed by atoms with Crippen molar-refractivity contribution < 1.29 is 9.53 Å². The van der Waals surface area contributed by atoms with Gasteiger partial charge in [-0.05, 0) is 37.0 Å². The van der Waals surface area contributed by atoms with Gasteiger partial charge in [0.05, 0.1) is 6.10 Å². The molecule has 0 aromatic rings. The van der Waals surface area contributed by atoms with Gasteiger partial charge in [0.1, 0.15) is 6.54 Å². The van der Waals surface area contributed by atoms with Crippen molar-refractivity contribution in [1.29, 1.82) is 0 Å². The summed E-state index contributed by atoms with van der Waals surface area (Å²) in [5, 5.41) is 6.86. The highest BCUT2D eigenvalue weighted by Gasteiger charge is 2.30. The highest BCUT2D eigenvalue weighted by atomic mass is 127. The molecule has 7 heteroatoms. The lowest BCUT2D eigenvalue weighted by Gasteiger charge is -2.37. The van der Waals surface area contributed by atoms with Crippen LogP contribution in [0.1, 0.15) is 58.8 Å². The summed E-state index contributed by atoms with van der Waals surface area (Å²) in [7, 11) is 3.52. The smallest absolute Gasteiger partial charge is 0.243 e. The molecule has 27 heavy (non-hydrogen) atoms. The third-order valence-corrected chi connectivity index (χ3v) is 5.81. The first kappa shape index (κ1) is 24.5. The fraction of sp³-hybridized carbons (Fsp3) is 0.900. The first-order valence-corrected chi connectivity index (χ1v) is 10.2. The highest BCUT2D eigenvalue weighted by molar-refractivity contribution is 14.0. The van der Waals surface area contributed by atoms with Crippen molar-refractivity contribution in [3.63, 3.8) is 0 Å². The molecule has 0 aromatic heterocycles. The minimum atomic E-state index is 0. The van der Waals surface area contributed by atoms with Crippen LogP contribution in [0.5, 0.6) is 0 Å². The van der Waals surface area contributed by atoms with E-state index in [4.69, 9.17) is 4.74 Å². The van der Waals surface area contributed by atoms with Gasteiger partial charge in [-0.3, -0.25) is 4.79 Å². The van der Waals surface area contributed by atoms with Gasteiger partial charge in [0.2, 0.25) is 5.91 Å². The van der Waals surface area contributed by atoms with Gasteiger partial charge in [0.15, 0.2) is 5.96 Å². The molecule has 1 atom stereocenters. The molecule has 1 unspecified atom stereocenters. The van der Waals surface area contributed by atoms with Gasteiger partial charge in [-0.25, -0.2) is 4.99 Å². The fourth-order valence-corrected chi connectivity index (χ4v) is 3.82. The Bertz CT molecular complexity index is 471. The molecular weight excluding hydrogens is 455 g/mol. The monoisotopic (exact) mass is 494 g/mol. The average molecular weight is 494 g/mol. The van der Waals surface area contributed by atoms with Crippen LogP contribution in [0.4, 0.5) is 0 Å². The average Bonchev–Trinajstić information content (AvgIpc) is 3.15. The van der Waals surface area contributed by atoms with Crippen LogP contribution < -0.4 is 10.6 Å². The van der Waals surface area contributed by atoms with E-state index in [0.717, 1.165) is 44.4 Å². The minimum absolute atomic E-state index is 0. The number of nitrogens with one attached hydrogen (secondary N) is 2. The van der Waals surface area contributed by atoms with Crippen LogP contribution in [0, 0.1) is 11.3 Å². The Morgan fingerprint density at radius 1 is 1.11 bits per heavy atom. The Hall–Kier alpha value is -0.570. The predicted molar refractivity (Wildman–Crippen MR) is 122 cm³/mol. The molecule has 1 heterocycles. The number of halogens is 1. The molecule has 2 N–H and O–H groups in total. The predicted octanol–water partition coefficient (Wildman–Crippen LogP) is 3.01. The number of carbonyl (C=O) groups excluding carboxylic acids is 1. The molecule has 158 valence electrons. The van der Waals surface area contributed by atoms with Gasteiger partial charge >= 0.3 is 0 Å².